The van der Waals surface area contributed by atoms with E-state index >= 15 is 0 Å². The van der Waals surface area contributed by atoms with Gasteiger partial charge in [0, 0.05) is 12.1 Å². The minimum absolute atomic E-state index is 0.291. The Kier molecular flexibility index (Phi) is 4.65. The largest absolute Gasteiger partial charge is 0.325 e. The molecule has 1 saturated heterocycles. The molecule has 4 rings (SSSR count). The van der Waals surface area contributed by atoms with Crippen molar-refractivity contribution in [1.29, 1.82) is 0 Å². The molecule has 1 atom stereocenters. The summed E-state index contributed by atoms with van der Waals surface area (Å²) in [6.45, 7) is 5.57. The Morgan fingerprint density at radius 2 is 1.76 bits per heavy atom. The Bertz CT molecular complexity index is 1010. The van der Waals surface area contributed by atoms with Gasteiger partial charge >= 0.3 is 6.03 Å². The average molecular weight is 391 g/mol. The summed E-state index contributed by atoms with van der Waals surface area (Å²) in [5.74, 6) is -0.693. The quantitative estimate of drug-likeness (QED) is 0.790. The minimum atomic E-state index is -0.943. The van der Waals surface area contributed by atoms with Crippen LogP contribution in [0.1, 0.15) is 34.2 Å². The van der Waals surface area contributed by atoms with E-state index in [2.05, 4.69) is 16.7 Å². The average Bonchev–Trinajstić information content (AvgIpc) is 2.88. The van der Waals surface area contributed by atoms with Crippen LogP contribution in [0, 0.1) is 20.8 Å². The molecule has 2 aromatic rings. The van der Waals surface area contributed by atoms with Gasteiger partial charge in [0.2, 0.25) is 5.91 Å². The van der Waals surface area contributed by atoms with Crippen molar-refractivity contribution in [1.82, 2.24) is 10.2 Å². The van der Waals surface area contributed by atoms with Crippen molar-refractivity contribution in [3.8, 4) is 0 Å². The summed E-state index contributed by atoms with van der Waals surface area (Å²) < 4.78 is 0. The molecule has 150 valence electrons. The van der Waals surface area contributed by atoms with Crippen LogP contribution < -0.4 is 10.6 Å². The maximum Gasteiger partial charge on any atom is 0.325 e. The molecule has 0 aromatic heterocycles. The number of carbonyl (C=O) groups is 3. The molecule has 1 aliphatic carbocycles. The maximum atomic E-state index is 13.1. The van der Waals surface area contributed by atoms with Crippen molar-refractivity contribution in [2.45, 2.75) is 45.6 Å². The lowest BCUT2D eigenvalue weighted by atomic mass is 9.78. The van der Waals surface area contributed by atoms with Gasteiger partial charge in [-0.05, 0) is 55.9 Å². The lowest BCUT2D eigenvalue weighted by molar-refractivity contribution is -0.134. The number of rotatable bonds is 3. The van der Waals surface area contributed by atoms with Gasteiger partial charge in [0.15, 0.2) is 0 Å². The second-order valence-electron chi connectivity index (χ2n) is 8.17. The molecule has 2 aliphatic rings. The maximum absolute atomic E-state index is 13.1. The normalized spacial score (nSPS) is 20.6. The van der Waals surface area contributed by atoms with Crippen LogP contribution in [0.5, 0.6) is 0 Å². The highest BCUT2D eigenvalue weighted by Crippen LogP contribution is 2.33. The monoisotopic (exact) mass is 391 g/mol. The van der Waals surface area contributed by atoms with E-state index < -0.39 is 11.6 Å². The van der Waals surface area contributed by atoms with Crippen LogP contribution in [-0.2, 0) is 22.4 Å². The van der Waals surface area contributed by atoms with Gasteiger partial charge in [0.1, 0.15) is 12.1 Å². The third kappa shape index (κ3) is 3.39. The Morgan fingerprint density at radius 3 is 2.45 bits per heavy atom. The predicted octanol–water partition coefficient (Wildman–Crippen LogP) is 3.03. The van der Waals surface area contributed by atoms with Gasteiger partial charge in [-0.25, -0.2) is 4.79 Å². The van der Waals surface area contributed by atoms with Gasteiger partial charge < -0.3 is 10.6 Å². The fourth-order valence-corrected chi connectivity index (χ4v) is 4.54. The van der Waals surface area contributed by atoms with Gasteiger partial charge in [0.25, 0.3) is 5.91 Å². The van der Waals surface area contributed by atoms with Crippen molar-refractivity contribution in [2.24, 2.45) is 0 Å². The van der Waals surface area contributed by atoms with Crippen LogP contribution in [0.4, 0.5) is 10.5 Å². The fraction of sp³-hybridized carbons (Fsp3) is 0.348. The van der Waals surface area contributed by atoms with Crippen molar-refractivity contribution >= 4 is 23.5 Å². The zero-order chi connectivity index (χ0) is 20.8. The van der Waals surface area contributed by atoms with Gasteiger partial charge in [-0.1, -0.05) is 42.0 Å². The van der Waals surface area contributed by atoms with Crippen LogP contribution in [0.15, 0.2) is 36.4 Å². The Balaban J connectivity index is 1.50. The molecule has 1 fully saturated rings. The van der Waals surface area contributed by atoms with E-state index in [1.807, 2.05) is 51.1 Å². The number of anilines is 1. The van der Waals surface area contributed by atoms with Crippen LogP contribution in [0.25, 0.3) is 0 Å². The van der Waals surface area contributed by atoms with E-state index in [9.17, 15) is 14.4 Å². The topological polar surface area (TPSA) is 78.5 Å². The molecule has 6 nitrogen and oxygen atoms in total. The number of nitrogens with zero attached hydrogens (tertiary/aromatic N) is 1. The number of hydrogen-bond acceptors (Lipinski definition) is 3. The first kappa shape index (κ1) is 19.2. The smallest absolute Gasteiger partial charge is 0.324 e. The predicted molar refractivity (Wildman–Crippen MR) is 111 cm³/mol. The Labute approximate surface area is 170 Å². The van der Waals surface area contributed by atoms with Crippen LogP contribution in [-0.4, -0.2) is 34.8 Å². The highest BCUT2D eigenvalue weighted by molar-refractivity contribution is 6.10. The number of benzene rings is 2. The molecule has 2 aromatic carbocycles. The molecular weight excluding hydrogens is 366 g/mol. The summed E-state index contributed by atoms with van der Waals surface area (Å²) >= 11 is 0. The second-order valence-corrected chi connectivity index (χ2v) is 8.17. The van der Waals surface area contributed by atoms with Crippen molar-refractivity contribution < 1.29 is 14.4 Å². The summed E-state index contributed by atoms with van der Waals surface area (Å²) in [5, 5.41) is 5.73. The van der Waals surface area contributed by atoms with E-state index in [1.54, 1.807) is 0 Å². The highest BCUT2D eigenvalue weighted by atomic mass is 16.2. The summed E-state index contributed by atoms with van der Waals surface area (Å²) in [6, 6.07) is 11.5. The van der Waals surface area contributed by atoms with Gasteiger partial charge in [-0.3, -0.25) is 14.5 Å². The third-order valence-electron chi connectivity index (χ3n) is 5.92. The van der Waals surface area contributed by atoms with Crippen LogP contribution >= 0.6 is 0 Å². The zero-order valence-corrected chi connectivity index (χ0v) is 17.0. The molecule has 0 bridgehead atoms. The van der Waals surface area contributed by atoms with Crippen molar-refractivity contribution in [2.75, 3.05) is 11.9 Å². The van der Waals surface area contributed by atoms with Crippen LogP contribution in [0.2, 0.25) is 0 Å². The Hall–Kier alpha value is -3.15. The van der Waals surface area contributed by atoms with Gasteiger partial charge in [-0.15, -0.1) is 0 Å². The van der Waals surface area contributed by atoms with Crippen molar-refractivity contribution in [3.63, 3.8) is 0 Å². The molecule has 29 heavy (non-hydrogen) atoms. The lowest BCUT2D eigenvalue weighted by Gasteiger charge is -2.32. The molecule has 1 unspecified atom stereocenters. The number of carbonyl (C=O) groups excluding carboxylic acids is 3. The second kappa shape index (κ2) is 7.03. The first-order valence-corrected chi connectivity index (χ1v) is 9.88. The number of aryl methyl sites for hydroxylation is 4. The molecular formula is C23H25N3O3. The van der Waals surface area contributed by atoms with E-state index in [4.69, 9.17) is 0 Å². The zero-order valence-electron chi connectivity index (χ0n) is 17.0. The standard InChI is InChI=1S/C23H25N3O3/c1-14-10-15(2)20(16(3)11-14)24-19(27)13-26-21(28)23(25-22(26)29)9-8-17-6-4-5-7-18(17)12-23/h4-7,10-11H,8-9,12-13H2,1-3H3,(H,24,27)(H,25,29). The van der Waals surface area contributed by atoms with Crippen molar-refractivity contribution in [3.05, 3.63) is 64.2 Å². The number of amides is 4. The number of nitrogens with one attached hydrogen (secondary N) is 2. The first-order valence-electron chi connectivity index (χ1n) is 9.88. The lowest BCUT2D eigenvalue weighted by Crippen LogP contribution is -2.51. The highest BCUT2D eigenvalue weighted by Gasteiger charge is 2.52. The number of hydrogen-bond donors (Lipinski definition) is 2. The summed E-state index contributed by atoms with van der Waals surface area (Å²) in [6.07, 6.45) is 1.73. The molecule has 0 radical (unpaired) electrons. The minimum Gasteiger partial charge on any atom is -0.324 e. The summed E-state index contributed by atoms with van der Waals surface area (Å²) in [4.78, 5) is 39.4. The molecule has 4 amide bonds. The summed E-state index contributed by atoms with van der Waals surface area (Å²) in [7, 11) is 0. The molecule has 1 spiro atoms. The van der Waals surface area contributed by atoms with E-state index in [0.29, 0.717) is 12.8 Å². The van der Waals surface area contributed by atoms with E-state index in [1.165, 1.54) is 5.56 Å². The molecule has 1 heterocycles. The SMILES string of the molecule is Cc1cc(C)c(NC(=O)CN2C(=O)NC3(CCc4ccccc4C3)C2=O)c(C)c1. The number of urea groups is 1. The Morgan fingerprint density at radius 1 is 1.10 bits per heavy atom. The number of fused-ring (bicyclic) bond motifs is 1. The molecule has 2 N–H and O–H groups in total. The van der Waals surface area contributed by atoms with E-state index in [-0.39, 0.29) is 18.4 Å². The fourth-order valence-electron chi connectivity index (χ4n) is 4.54. The number of imide groups is 1. The van der Waals surface area contributed by atoms with E-state index in [0.717, 1.165) is 39.3 Å². The molecule has 1 aliphatic heterocycles. The summed E-state index contributed by atoms with van der Waals surface area (Å²) in [5.41, 5.74) is 5.09. The van der Waals surface area contributed by atoms with Crippen LogP contribution in [0.3, 0.4) is 0 Å². The van der Waals surface area contributed by atoms with Gasteiger partial charge in [0.05, 0.1) is 0 Å². The van der Waals surface area contributed by atoms with Gasteiger partial charge in [-0.2, -0.15) is 0 Å². The first-order chi connectivity index (χ1) is 13.8. The molecule has 0 saturated carbocycles. The third-order valence-corrected chi connectivity index (χ3v) is 5.92. The molecule has 6 heteroatoms.